The van der Waals surface area contributed by atoms with E-state index in [2.05, 4.69) is 30.0 Å². The van der Waals surface area contributed by atoms with Gasteiger partial charge in [-0.1, -0.05) is 0 Å². The van der Waals surface area contributed by atoms with E-state index in [0.29, 0.717) is 11.2 Å². The summed E-state index contributed by atoms with van der Waals surface area (Å²) < 4.78 is 51.1. The highest BCUT2D eigenvalue weighted by atomic mass is 19.4. The van der Waals surface area contributed by atoms with Crippen molar-refractivity contribution in [2.45, 2.75) is 26.1 Å². The highest BCUT2D eigenvalue weighted by Gasteiger charge is 2.36. The third-order valence-electron chi connectivity index (χ3n) is 4.68. The number of alkyl halides is 3. The van der Waals surface area contributed by atoms with Crippen molar-refractivity contribution >= 4 is 33.8 Å². The van der Waals surface area contributed by atoms with Gasteiger partial charge in [0.05, 0.1) is 29.9 Å². The fourth-order valence-corrected chi connectivity index (χ4v) is 3.27. The monoisotopic (exact) mass is 447 g/mol. The number of hydrogen-bond acceptors (Lipinski definition) is 8. The molecule has 0 bridgehead atoms. The Hall–Kier alpha value is -3.96. The van der Waals surface area contributed by atoms with E-state index in [1.807, 2.05) is 0 Å². The minimum absolute atomic E-state index is 0.145. The number of pyridine rings is 1. The Balaban J connectivity index is 1.75. The fourth-order valence-electron chi connectivity index (χ4n) is 3.27. The fraction of sp³-hybridized carbons (Fsp3) is 0.250. The highest BCUT2D eigenvalue weighted by Crippen LogP contribution is 2.36. The molecule has 3 aromatic heterocycles. The average molecular weight is 447 g/mol. The minimum atomic E-state index is -4.71. The molecule has 166 valence electrons. The molecule has 0 amide bonds. The van der Waals surface area contributed by atoms with E-state index in [1.54, 1.807) is 6.07 Å². The highest BCUT2D eigenvalue weighted by molar-refractivity contribution is 5.88. The molecule has 9 nitrogen and oxygen atoms in total. The lowest BCUT2D eigenvalue weighted by Crippen LogP contribution is -2.20. The van der Waals surface area contributed by atoms with Crippen LogP contribution >= 0.6 is 0 Å². The van der Waals surface area contributed by atoms with E-state index < -0.39 is 29.3 Å². The maximum Gasteiger partial charge on any atom is 0.418 e. The summed E-state index contributed by atoms with van der Waals surface area (Å²) in [5, 5.41) is 2.91. The van der Waals surface area contributed by atoms with E-state index in [1.165, 1.54) is 33.1 Å². The number of carbonyl (C=O) groups excluding carboxylic acids is 1. The average Bonchev–Trinajstić information content (AvgIpc) is 3.15. The van der Waals surface area contributed by atoms with Gasteiger partial charge in [-0.25, -0.2) is 19.7 Å². The number of ether oxygens (including phenoxy) is 1. The largest absolute Gasteiger partial charge is 0.462 e. The van der Waals surface area contributed by atoms with Crippen molar-refractivity contribution in [3.05, 3.63) is 57.6 Å². The molecule has 3 heterocycles. The molecule has 4 aromatic rings. The number of nitrogens with zero attached hydrogens (tertiary/aromatic N) is 3. The van der Waals surface area contributed by atoms with Gasteiger partial charge in [0.15, 0.2) is 11.1 Å². The molecule has 0 fully saturated rings. The molecule has 2 N–H and O–H groups in total. The van der Waals surface area contributed by atoms with Crippen LogP contribution in [0.4, 0.5) is 18.9 Å². The predicted octanol–water partition coefficient (Wildman–Crippen LogP) is 3.75. The number of aryl methyl sites for hydroxylation is 1. The minimum Gasteiger partial charge on any atom is -0.462 e. The van der Waals surface area contributed by atoms with Crippen molar-refractivity contribution in [2.75, 3.05) is 12.4 Å². The standard InChI is InChI=1S/C20H16F3N5O4/c1-8(24-10-4-5-12-14(6-10)32-18(27-12)19(30)31-3)15-11(20(21,22)23)7-13-16(28-15)17(29)26-9(2)25-13/h4-8,24H,1-3H3,(H,25,26,29)/t8-/m0/s1. The Labute approximate surface area is 177 Å². The van der Waals surface area contributed by atoms with E-state index in [4.69, 9.17) is 4.42 Å². The van der Waals surface area contributed by atoms with Crippen LogP contribution in [0.1, 0.15) is 40.7 Å². The zero-order valence-corrected chi connectivity index (χ0v) is 17.0. The molecule has 0 saturated carbocycles. The van der Waals surface area contributed by atoms with Gasteiger partial charge in [0.25, 0.3) is 5.56 Å². The summed E-state index contributed by atoms with van der Waals surface area (Å²) in [6.45, 7) is 2.95. The second-order valence-corrected chi connectivity index (χ2v) is 7.00. The first-order valence-electron chi connectivity index (χ1n) is 9.31. The van der Waals surface area contributed by atoms with Crippen molar-refractivity contribution in [2.24, 2.45) is 0 Å². The van der Waals surface area contributed by atoms with E-state index in [-0.39, 0.29) is 34.0 Å². The molecule has 0 spiro atoms. The third kappa shape index (κ3) is 3.86. The molecule has 32 heavy (non-hydrogen) atoms. The normalized spacial score (nSPS) is 12.8. The number of nitrogens with one attached hydrogen (secondary N) is 2. The zero-order chi connectivity index (χ0) is 23.2. The van der Waals surface area contributed by atoms with Gasteiger partial charge in [0.1, 0.15) is 11.3 Å². The quantitative estimate of drug-likeness (QED) is 0.454. The number of hydrogen-bond donors (Lipinski definition) is 2. The summed E-state index contributed by atoms with van der Waals surface area (Å²) in [5.41, 5.74) is -1.34. The molecule has 0 unspecified atom stereocenters. The summed E-state index contributed by atoms with van der Waals surface area (Å²) in [7, 11) is 1.18. The number of H-pyrrole nitrogens is 1. The van der Waals surface area contributed by atoms with E-state index in [9.17, 15) is 22.8 Å². The lowest BCUT2D eigenvalue weighted by molar-refractivity contribution is -0.138. The number of oxazole rings is 1. The number of methoxy groups -OCH3 is 1. The molecule has 0 radical (unpaired) electrons. The number of benzene rings is 1. The van der Waals surface area contributed by atoms with Crippen LogP contribution in [0.15, 0.2) is 33.5 Å². The van der Waals surface area contributed by atoms with Crippen LogP contribution in [-0.4, -0.2) is 33.0 Å². The molecular formula is C20H16F3N5O4. The Morgan fingerprint density at radius 3 is 2.62 bits per heavy atom. The smallest absolute Gasteiger partial charge is 0.418 e. The molecule has 1 aromatic carbocycles. The first-order chi connectivity index (χ1) is 15.1. The summed E-state index contributed by atoms with van der Waals surface area (Å²) in [4.78, 5) is 38.2. The number of rotatable bonds is 4. The molecule has 4 rings (SSSR count). The number of fused-ring (bicyclic) bond motifs is 2. The lowest BCUT2D eigenvalue weighted by Gasteiger charge is -2.20. The molecular weight excluding hydrogens is 431 g/mol. The van der Waals surface area contributed by atoms with Gasteiger partial charge in [-0.3, -0.25) is 4.79 Å². The number of halogens is 3. The van der Waals surface area contributed by atoms with Crippen molar-refractivity contribution < 1.29 is 27.1 Å². The maximum absolute atomic E-state index is 13.7. The topological polar surface area (TPSA) is 123 Å². The van der Waals surface area contributed by atoms with E-state index in [0.717, 1.165) is 6.07 Å². The number of aromatic nitrogens is 4. The Bertz CT molecular complexity index is 1410. The summed E-state index contributed by atoms with van der Waals surface area (Å²) in [6, 6.07) is 4.46. The molecule has 1 atom stereocenters. The van der Waals surface area contributed by atoms with Gasteiger partial charge in [0, 0.05) is 11.8 Å². The number of aromatic amines is 1. The summed E-state index contributed by atoms with van der Waals surface area (Å²) >= 11 is 0. The predicted molar refractivity (Wildman–Crippen MR) is 107 cm³/mol. The summed E-state index contributed by atoms with van der Waals surface area (Å²) in [6.07, 6.45) is -4.71. The van der Waals surface area contributed by atoms with Gasteiger partial charge >= 0.3 is 18.0 Å². The van der Waals surface area contributed by atoms with E-state index >= 15 is 0 Å². The molecule has 12 heteroatoms. The van der Waals surface area contributed by atoms with Crippen molar-refractivity contribution in [1.29, 1.82) is 0 Å². The number of carbonyl (C=O) groups is 1. The van der Waals surface area contributed by atoms with Gasteiger partial charge in [-0.05, 0) is 32.0 Å². The van der Waals surface area contributed by atoms with Crippen LogP contribution in [0.25, 0.3) is 22.1 Å². The van der Waals surface area contributed by atoms with Crippen LogP contribution in [0.5, 0.6) is 0 Å². The second kappa shape index (κ2) is 7.62. The zero-order valence-electron chi connectivity index (χ0n) is 17.0. The summed E-state index contributed by atoms with van der Waals surface area (Å²) in [5.74, 6) is -0.818. The molecule has 0 aliphatic rings. The second-order valence-electron chi connectivity index (χ2n) is 7.00. The van der Waals surface area contributed by atoms with Gasteiger partial charge in [-0.15, -0.1) is 0 Å². The molecule has 0 aliphatic heterocycles. The van der Waals surface area contributed by atoms with Gasteiger partial charge in [-0.2, -0.15) is 13.2 Å². The Morgan fingerprint density at radius 2 is 1.94 bits per heavy atom. The van der Waals surface area contributed by atoms with Crippen molar-refractivity contribution in [3.8, 4) is 0 Å². The van der Waals surface area contributed by atoms with Crippen molar-refractivity contribution in [1.82, 2.24) is 19.9 Å². The SMILES string of the molecule is COC(=O)c1nc2ccc(N[C@@H](C)c3nc4c(=O)[nH]c(C)nc4cc3C(F)(F)F)cc2o1. The van der Waals surface area contributed by atoms with Crippen LogP contribution in [0.3, 0.4) is 0 Å². The molecule has 0 saturated heterocycles. The maximum atomic E-state index is 13.7. The van der Waals surface area contributed by atoms with Crippen LogP contribution in [0.2, 0.25) is 0 Å². The van der Waals surface area contributed by atoms with Crippen LogP contribution in [-0.2, 0) is 10.9 Å². The Kier molecular flexibility index (Phi) is 5.07. The van der Waals surface area contributed by atoms with Crippen molar-refractivity contribution in [3.63, 3.8) is 0 Å². The van der Waals surface area contributed by atoms with Crippen LogP contribution in [0, 0.1) is 6.92 Å². The lowest BCUT2D eigenvalue weighted by atomic mass is 10.1. The van der Waals surface area contributed by atoms with Gasteiger partial charge in [0.2, 0.25) is 0 Å². The van der Waals surface area contributed by atoms with Crippen LogP contribution < -0.4 is 10.9 Å². The number of esters is 1. The first kappa shape index (κ1) is 21.3. The van der Waals surface area contributed by atoms with Gasteiger partial charge < -0.3 is 19.5 Å². The molecule has 0 aliphatic carbocycles. The number of anilines is 1. The third-order valence-corrected chi connectivity index (χ3v) is 4.68. The first-order valence-corrected chi connectivity index (χ1v) is 9.31. The Morgan fingerprint density at radius 1 is 1.19 bits per heavy atom.